The van der Waals surface area contributed by atoms with Gasteiger partial charge in [-0.3, -0.25) is 0 Å². The van der Waals surface area contributed by atoms with Crippen molar-refractivity contribution in [1.82, 2.24) is 0 Å². The Balaban J connectivity index is 3.04. The molecule has 0 saturated carbocycles. The Bertz CT molecular complexity index is 441. The fourth-order valence-corrected chi connectivity index (χ4v) is 1.63. The molecule has 0 aliphatic carbocycles. The average Bonchev–Trinajstić information content (AvgIpc) is 1.97. The zero-order chi connectivity index (χ0) is 10.8. The molecule has 0 aliphatic heterocycles. The van der Waals surface area contributed by atoms with Crippen molar-refractivity contribution in [3.8, 4) is 0 Å². The lowest BCUT2D eigenvalue weighted by atomic mass is 10.1. The highest BCUT2D eigenvalue weighted by atomic mass is 32.2. The first kappa shape index (κ1) is 10.9. The summed E-state index contributed by atoms with van der Waals surface area (Å²) in [7, 11) is -3.53. The molecule has 0 fully saturated rings. The normalized spacial score (nSPS) is 12.2. The van der Waals surface area contributed by atoms with Crippen molar-refractivity contribution in [3.05, 3.63) is 40.3 Å². The molecule has 0 amide bonds. The van der Waals surface area contributed by atoms with Crippen LogP contribution in [0.1, 0.15) is 16.7 Å². The lowest BCUT2D eigenvalue weighted by Gasteiger charge is -1.99. The molecule has 0 bridgehead atoms. The van der Waals surface area contributed by atoms with Crippen molar-refractivity contribution in [2.24, 2.45) is 5.14 Å². The molecule has 1 rings (SSSR count). The van der Waals surface area contributed by atoms with E-state index in [1.54, 1.807) is 0 Å². The molecule has 76 valence electrons. The van der Waals surface area contributed by atoms with Gasteiger partial charge in [0.15, 0.2) is 0 Å². The van der Waals surface area contributed by atoms with Gasteiger partial charge in [0.1, 0.15) is 0 Å². The molecule has 0 heterocycles. The number of sulfonamides is 1. The first-order chi connectivity index (χ1) is 6.37. The minimum Gasteiger partial charge on any atom is -0.225 e. The third-order valence-corrected chi connectivity index (χ3v) is 2.21. The Morgan fingerprint density at radius 3 is 2.07 bits per heavy atom. The van der Waals surface area contributed by atoms with E-state index in [1.807, 2.05) is 32.0 Å². The lowest BCUT2D eigenvalue weighted by Crippen LogP contribution is -2.06. The van der Waals surface area contributed by atoms with Crippen LogP contribution < -0.4 is 5.14 Å². The number of aryl methyl sites for hydroxylation is 2. The van der Waals surface area contributed by atoms with E-state index in [4.69, 9.17) is 5.14 Å². The van der Waals surface area contributed by atoms with Crippen LogP contribution in [0.5, 0.6) is 0 Å². The molecule has 14 heavy (non-hydrogen) atoms. The first-order valence-corrected chi connectivity index (χ1v) is 5.77. The molecule has 0 spiro atoms. The van der Waals surface area contributed by atoms with Gasteiger partial charge >= 0.3 is 0 Å². The zero-order valence-corrected chi connectivity index (χ0v) is 9.01. The van der Waals surface area contributed by atoms with E-state index in [9.17, 15) is 8.42 Å². The molecule has 1 aromatic rings. The van der Waals surface area contributed by atoms with Gasteiger partial charge in [-0.1, -0.05) is 29.3 Å². The van der Waals surface area contributed by atoms with E-state index in [2.05, 4.69) is 0 Å². The van der Waals surface area contributed by atoms with E-state index >= 15 is 0 Å². The van der Waals surface area contributed by atoms with Crippen LogP contribution in [0.25, 0.3) is 6.08 Å². The van der Waals surface area contributed by atoms with Crippen LogP contribution in [0.2, 0.25) is 0 Å². The number of nitrogens with two attached hydrogens (primary N) is 1. The fraction of sp³-hybridized carbons (Fsp3) is 0.200. The van der Waals surface area contributed by atoms with Crippen LogP contribution in [0.4, 0.5) is 0 Å². The summed E-state index contributed by atoms with van der Waals surface area (Å²) in [4.78, 5) is 0. The number of hydrogen-bond acceptors (Lipinski definition) is 2. The summed E-state index contributed by atoms with van der Waals surface area (Å²) in [6.07, 6.45) is 1.50. The second-order valence-electron chi connectivity index (χ2n) is 3.31. The number of hydrogen-bond donors (Lipinski definition) is 1. The highest BCUT2D eigenvalue weighted by molar-refractivity contribution is 7.92. The Morgan fingerprint density at radius 2 is 1.64 bits per heavy atom. The smallest absolute Gasteiger partial charge is 0.225 e. The van der Waals surface area contributed by atoms with Gasteiger partial charge in [0.2, 0.25) is 10.0 Å². The minimum atomic E-state index is -3.53. The van der Waals surface area contributed by atoms with Crippen molar-refractivity contribution in [3.63, 3.8) is 0 Å². The second kappa shape index (κ2) is 3.94. The molecular weight excluding hydrogens is 198 g/mol. The van der Waals surface area contributed by atoms with Gasteiger partial charge in [-0.2, -0.15) is 0 Å². The highest BCUT2D eigenvalue weighted by Gasteiger charge is 1.95. The summed E-state index contributed by atoms with van der Waals surface area (Å²) in [6.45, 7) is 3.92. The van der Waals surface area contributed by atoms with Crippen molar-refractivity contribution in [2.75, 3.05) is 0 Å². The lowest BCUT2D eigenvalue weighted by molar-refractivity contribution is 0.606. The van der Waals surface area contributed by atoms with Gasteiger partial charge in [0.05, 0.1) is 0 Å². The number of benzene rings is 1. The van der Waals surface area contributed by atoms with Gasteiger partial charge in [-0.05, 0) is 25.5 Å². The van der Waals surface area contributed by atoms with Crippen molar-refractivity contribution in [1.29, 1.82) is 0 Å². The maximum absolute atomic E-state index is 10.7. The van der Waals surface area contributed by atoms with Crippen molar-refractivity contribution < 1.29 is 8.42 Å². The standard InChI is InChI=1S/C10H13NO2S/c1-8-5-9(2)7-10(6-8)3-4-14(11,12)13/h3-7H,1-2H3,(H2,11,12,13)/b4-3+. The molecule has 2 N–H and O–H groups in total. The van der Waals surface area contributed by atoms with Crippen LogP contribution in [0.3, 0.4) is 0 Å². The maximum atomic E-state index is 10.7. The predicted molar refractivity (Wildman–Crippen MR) is 58.1 cm³/mol. The van der Waals surface area contributed by atoms with Gasteiger partial charge in [-0.15, -0.1) is 0 Å². The summed E-state index contributed by atoms with van der Waals surface area (Å²) in [6, 6.07) is 5.82. The summed E-state index contributed by atoms with van der Waals surface area (Å²) >= 11 is 0. The molecule has 3 nitrogen and oxygen atoms in total. The Morgan fingerprint density at radius 1 is 1.14 bits per heavy atom. The largest absolute Gasteiger partial charge is 0.231 e. The van der Waals surface area contributed by atoms with Crippen LogP contribution in [0, 0.1) is 13.8 Å². The van der Waals surface area contributed by atoms with Gasteiger partial charge < -0.3 is 0 Å². The third kappa shape index (κ3) is 3.72. The molecule has 0 radical (unpaired) electrons. The average molecular weight is 211 g/mol. The fourth-order valence-electron chi connectivity index (χ4n) is 1.28. The first-order valence-electron chi connectivity index (χ1n) is 4.16. The predicted octanol–water partition coefficient (Wildman–Crippen LogP) is 1.56. The number of primary sulfonamides is 1. The van der Waals surface area contributed by atoms with E-state index in [0.717, 1.165) is 22.1 Å². The topological polar surface area (TPSA) is 60.2 Å². The van der Waals surface area contributed by atoms with Gasteiger partial charge in [0, 0.05) is 5.41 Å². The van der Waals surface area contributed by atoms with Crippen LogP contribution in [0.15, 0.2) is 23.6 Å². The molecule has 0 aromatic heterocycles. The van der Waals surface area contributed by atoms with Crippen LogP contribution in [-0.4, -0.2) is 8.42 Å². The molecular formula is C10H13NO2S. The van der Waals surface area contributed by atoms with Crippen molar-refractivity contribution >= 4 is 16.1 Å². The van der Waals surface area contributed by atoms with Crippen LogP contribution >= 0.6 is 0 Å². The molecule has 1 aromatic carbocycles. The summed E-state index contributed by atoms with van der Waals surface area (Å²) in [5.74, 6) is 0. The highest BCUT2D eigenvalue weighted by Crippen LogP contribution is 2.10. The van der Waals surface area contributed by atoms with Crippen LogP contribution in [-0.2, 0) is 10.0 Å². The maximum Gasteiger partial charge on any atom is 0.231 e. The molecule has 4 heteroatoms. The van der Waals surface area contributed by atoms with E-state index in [1.165, 1.54) is 6.08 Å². The zero-order valence-electron chi connectivity index (χ0n) is 8.19. The van der Waals surface area contributed by atoms with Gasteiger partial charge in [-0.25, -0.2) is 13.6 Å². The van der Waals surface area contributed by atoms with Gasteiger partial charge in [0.25, 0.3) is 0 Å². The Labute approximate surface area is 84.3 Å². The quantitative estimate of drug-likeness (QED) is 0.807. The summed E-state index contributed by atoms with van der Waals surface area (Å²) in [5, 5.41) is 5.85. The van der Waals surface area contributed by atoms with Crippen molar-refractivity contribution in [2.45, 2.75) is 13.8 Å². The Hall–Kier alpha value is -1.13. The molecule has 0 unspecified atom stereocenters. The molecule has 0 atom stereocenters. The third-order valence-electron chi connectivity index (χ3n) is 1.69. The molecule has 0 aliphatic rings. The van der Waals surface area contributed by atoms with E-state index in [-0.39, 0.29) is 0 Å². The number of rotatable bonds is 2. The second-order valence-corrected chi connectivity index (χ2v) is 4.76. The summed E-state index contributed by atoms with van der Waals surface area (Å²) in [5.41, 5.74) is 3.04. The van der Waals surface area contributed by atoms with E-state index in [0.29, 0.717) is 0 Å². The summed E-state index contributed by atoms with van der Waals surface area (Å²) < 4.78 is 21.3. The monoisotopic (exact) mass is 211 g/mol. The Kier molecular flexibility index (Phi) is 3.08. The molecule has 0 saturated heterocycles. The van der Waals surface area contributed by atoms with E-state index < -0.39 is 10.0 Å². The SMILES string of the molecule is Cc1cc(C)cc(/C=C/S(N)(=O)=O)c1. The minimum absolute atomic E-state index is 0.844.